The lowest BCUT2D eigenvalue weighted by Crippen LogP contribution is -2.16. The first-order valence-corrected chi connectivity index (χ1v) is 3.12. The van der Waals surface area contributed by atoms with Gasteiger partial charge in [0, 0.05) is 7.05 Å². The van der Waals surface area contributed by atoms with E-state index in [4.69, 9.17) is 16.8 Å². The molecule has 1 aromatic heterocycles. The molecule has 54 valence electrons. The van der Waals surface area contributed by atoms with Gasteiger partial charge in [0.15, 0.2) is 5.49 Å². The standard InChI is InChI=1S/C6H7ClN2O/c1-8-6-3-2-5(7)4-9(6)10/h2-4,10H,1H3. The zero-order valence-corrected chi connectivity index (χ0v) is 6.21. The van der Waals surface area contributed by atoms with Crippen LogP contribution in [-0.2, 0) is 0 Å². The van der Waals surface area contributed by atoms with E-state index < -0.39 is 0 Å². The van der Waals surface area contributed by atoms with Crippen LogP contribution in [0.2, 0.25) is 5.02 Å². The van der Waals surface area contributed by atoms with Crippen molar-refractivity contribution in [2.45, 2.75) is 0 Å². The van der Waals surface area contributed by atoms with Crippen molar-refractivity contribution in [3.8, 4) is 0 Å². The number of rotatable bonds is 0. The molecule has 1 rings (SSSR count). The number of hydrogen-bond acceptors (Lipinski definition) is 2. The van der Waals surface area contributed by atoms with Gasteiger partial charge < -0.3 is 5.21 Å². The molecule has 1 N–H and O–H groups in total. The van der Waals surface area contributed by atoms with E-state index >= 15 is 0 Å². The van der Waals surface area contributed by atoms with Crippen molar-refractivity contribution < 1.29 is 5.21 Å². The van der Waals surface area contributed by atoms with Gasteiger partial charge in [-0.2, -0.15) is 4.73 Å². The van der Waals surface area contributed by atoms with E-state index in [0.29, 0.717) is 10.5 Å². The third-order valence-corrected chi connectivity index (χ3v) is 1.32. The molecule has 1 aromatic rings. The molecule has 0 saturated carbocycles. The highest BCUT2D eigenvalue weighted by molar-refractivity contribution is 6.30. The molecule has 10 heavy (non-hydrogen) atoms. The summed E-state index contributed by atoms with van der Waals surface area (Å²) in [5, 5.41) is 9.51. The molecule has 0 amide bonds. The summed E-state index contributed by atoms with van der Waals surface area (Å²) in [7, 11) is 1.59. The first kappa shape index (κ1) is 7.15. The molecule has 0 unspecified atom stereocenters. The zero-order valence-electron chi connectivity index (χ0n) is 5.45. The topological polar surface area (TPSA) is 37.5 Å². The van der Waals surface area contributed by atoms with Gasteiger partial charge in [0.1, 0.15) is 0 Å². The summed E-state index contributed by atoms with van der Waals surface area (Å²) in [6.07, 6.45) is 1.38. The summed E-state index contributed by atoms with van der Waals surface area (Å²) in [6.45, 7) is 0. The Morgan fingerprint density at radius 1 is 1.60 bits per heavy atom. The van der Waals surface area contributed by atoms with Crippen LogP contribution in [-0.4, -0.2) is 17.0 Å². The van der Waals surface area contributed by atoms with Crippen LogP contribution in [0.4, 0.5) is 0 Å². The Hall–Kier alpha value is -0.960. The second-order valence-corrected chi connectivity index (χ2v) is 2.21. The number of pyridine rings is 1. The average molecular weight is 159 g/mol. The van der Waals surface area contributed by atoms with Gasteiger partial charge in [0.25, 0.3) is 0 Å². The quantitative estimate of drug-likeness (QED) is 0.560. The Morgan fingerprint density at radius 2 is 2.30 bits per heavy atom. The van der Waals surface area contributed by atoms with E-state index in [0.717, 1.165) is 4.73 Å². The summed E-state index contributed by atoms with van der Waals surface area (Å²) in [4.78, 5) is 3.77. The van der Waals surface area contributed by atoms with Crippen molar-refractivity contribution in [1.82, 2.24) is 4.73 Å². The van der Waals surface area contributed by atoms with Crippen LogP contribution in [0, 0.1) is 0 Å². The van der Waals surface area contributed by atoms with Crippen LogP contribution in [0.1, 0.15) is 0 Å². The lowest BCUT2D eigenvalue weighted by molar-refractivity contribution is 0.172. The fourth-order valence-corrected chi connectivity index (χ4v) is 0.789. The fraction of sp³-hybridized carbons (Fsp3) is 0.167. The van der Waals surface area contributed by atoms with E-state index in [2.05, 4.69) is 4.99 Å². The molecule has 0 saturated heterocycles. The Bertz CT molecular complexity index is 292. The maximum atomic E-state index is 9.03. The minimum Gasteiger partial charge on any atom is -0.427 e. The van der Waals surface area contributed by atoms with E-state index in [-0.39, 0.29) is 0 Å². The highest BCUT2D eigenvalue weighted by Gasteiger charge is 1.88. The Balaban J connectivity index is 3.34. The second-order valence-electron chi connectivity index (χ2n) is 1.77. The SMILES string of the molecule is CN=c1ccc(Cl)cn1O. The molecule has 0 aliphatic heterocycles. The molecule has 0 radical (unpaired) electrons. The van der Waals surface area contributed by atoms with E-state index in [9.17, 15) is 0 Å². The third kappa shape index (κ3) is 1.30. The Labute approximate surface area is 63.2 Å². The number of hydrogen-bond donors (Lipinski definition) is 1. The smallest absolute Gasteiger partial charge is 0.163 e. The number of nitrogens with zero attached hydrogens (tertiary/aromatic N) is 2. The van der Waals surface area contributed by atoms with Crippen molar-refractivity contribution in [1.29, 1.82) is 0 Å². The van der Waals surface area contributed by atoms with Crippen molar-refractivity contribution >= 4 is 11.6 Å². The monoisotopic (exact) mass is 158 g/mol. The summed E-state index contributed by atoms with van der Waals surface area (Å²) in [5.74, 6) is 0. The Kier molecular flexibility index (Phi) is 1.97. The molecule has 0 spiro atoms. The molecule has 4 heteroatoms. The second kappa shape index (κ2) is 2.75. The van der Waals surface area contributed by atoms with Crippen molar-refractivity contribution in [2.24, 2.45) is 4.99 Å². The molecule has 0 aromatic carbocycles. The summed E-state index contributed by atoms with van der Waals surface area (Å²) < 4.78 is 0.877. The molecular formula is C6H7ClN2O. The zero-order chi connectivity index (χ0) is 7.56. The lowest BCUT2D eigenvalue weighted by Gasteiger charge is -1.96. The largest absolute Gasteiger partial charge is 0.427 e. The molecule has 0 aliphatic rings. The minimum atomic E-state index is 0.476. The molecule has 0 atom stereocenters. The molecule has 0 bridgehead atoms. The fourth-order valence-electron chi connectivity index (χ4n) is 0.633. The van der Waals surface area contributed by atoms with Crippen LogP contribution in [0.15, 0.2) is 23.3 Å². The van der Waals surface area contributed by atoms with Crippen molar-refractivity contribution in [2.75, 3.05) is 7.05 Å². The highest BCUT2D eigenvalue weighted by atomic mass is 35.5. The predicted molar refractivity (Wildman–Crippen MR) is 38.1 cm³/mol. The maximum absolute atomic E-state index is 9.03. The Morgan fingerprint density at radius 3 is 2.80 bits per heavy atom. The van der Waals surface area contributed by atoms with Gasteiger partial charge in [-0.3, -0.25) is 4.99 Å². The van der Waals surface area contributed by atoms with Gasteiger partial charge in [0.05, 0.1) is 11.2 Å². The first-order chi connectivity index (χ1) is 4.74. The average Bonchev–Trinajstić information content (AvgIpc) is 1.88. The minimum absolute atomic E-state index is 0.476. The maximum Gasteiger partial charge on any atom is 0.163 e. The molecular weight excluding hydrogens is 152 g/mol. The molecule has 3 nitrogen and oxygen atoms in total. The molecule has 1 heterocycles. The summed E-state index contributed by atoms with van der Waals surface area (Å²) >= 11 is 5.55. The van der Waals surface area contributed by atoms with Gasteiger partial charge in [-0.05, 0) is 12.1 Å². The molecule has 0 aliphatic carbocycles. The van der Waals surface area contributed by atoms with E-state index in [1.54, 1.807) is 19.2 Å². The lowest BCUT2D eigenvalue weighted by atomic mass is 10.5. The van der Waals surface area contributed by atoms with Gasteiger partial charge in [-0.1, -0.05) is 11.6 Å². The normalized spacial score (nSPS) is 12.0. The summed E-state index contributed by atoms with van der Waals surface area (Å²) in [5.41, 5.74) is 0.476. The van der Waals surface area contributed by atoms with Crippen LogP contribution >= 0.6 is 11.6 Å². The van der Waals surface area contributed by atoms with Crippen LogP contribution in [0.25, 0.3) is 0 Å². The number of aromatic nitrogens is 1. The van der Waals surface area contributed by atoms with Crippen molar-refractivity contribution in [3.05, 3.63) is 28.8 Å². The van der Waals surface area contributed by atoms with Crippen molar-refractivity contribution in [3.63, 3.8) is 0 Å². The van der Waals surface area contributed by atoms with Gasteiger partial charge >= 0.3 is 0 Å². The van der Waals surface area contributed by atoms with Gasteiger partial charge in [-0.25, -0.2) is 0 Å². The highest BCUT2D eigenvalue weighted by Crippen LogP contribution is 2.01. The van der Waals surface area contributed by atoms with E-state index in [1.165, 1.54) is 6.20 Å². The van der Waals surface area contributed by atoms with Crippen LogP contribution < -0.4 is 5.49 Å². The molecule has 0 fully saturated rings. The summed E-state index contributed by atoms with van der Waals surface area (Å²) in [6, 6.07) is 3.29. The van der Waals surface area contributed by atoms with E-state index in [1.807, 2.05) is 0 Å². The number of halogens is 1. The van der Waals surface area contributed by atoms with Crippen LogP contribution in [0.3, 0.4) is 0 Å². The van der Waals surface area contributed by atoms with Gasteiger partial charge in [0.2, 0.25) is 0 Å². The van der Waals surface area contributed by atoms with Gasteiger partial charge in [-0.15, -0.1) is 0 Å². The van der Waals surface area contributed by atoms with Crippen LogP contribution in [0.5, 0.6) is 0 Å². The predicted octanol–water partition coefficient (Wildman–Crippen LogP) is 0.909. The first-order valence-electron chi connectivity index (χ1n) is 2.74. The third-order valence-electron chi connectivity index (χ3n) is 1.10.